The summed E-state index contributed by atoms with van der Waals surface area (Å²) >= 11 is 0. The topological polar surface area (TPSA) is 13.0 Å². The van der Waals surface area contributed by atoms with Crippen molar-refractivity contribution in [1.29, 1.82) is 0 Å². The molecule has 0 bridgehead atoms. The number of hydrogen-bond donors (Lipinski definition) is 0. The van der Waals surface area contributed by atoms with Crippen LogP contribution in [0.4, 0.5) is 68.2 Å². The largest absolute Gasteiger partial charge is 0.310 e. The quantitative estimate of drug-likeness (QED) is 0.121. The van der Waals surface area contributed by atoms with Crippen molar-refractivity contribution in [2.75, 3.05) is 19.6 Å². The summed E-state index contributed by atoms with van der Waals surface area (Å²) in [6.07, 6.45) is 0. The molecule has 2 aliphatic rings. The number of rotatable bonds is 12. The van der Waals surface area contributed by atoms with Gasteiger partial charge in [-0.05, 0) is 232 Å². The van der Waals surface area contributed by atoms with Crippen LogP contribution in [0.2, 0.25) is 0 Å². The predicted octanol–water partition coefficient (Wildman–Crippen LogP) is 21.8. The van der Waals surface area contributed by atoms with Gasteiger partial charge in [-0.1, -0.05) is 167 Å². The fourth-order valence-corrected chi connectivity index (χ4v) is 12.8. The summed E-state index contributed by atoms with van der Waals surface area (Å²) < 4.78 is 0. The van der Waals surface area contributed by atoms with Crippen molar-refractivity contribution in [2.45, 2.75) is 47.0 Å². The van der Waals surface area contributed by atoms with Crippen molar-refractivity contribution < 1.29 is 0 Å². The smallest absolute Gasteiger partial charge is 0.0728 e. The van der Waals surface area contributed by atoms with Gasteiger partial charge in [0.25, 0.3) is 0 Å². The van der Waals surface area contributed by atoms with Crippen LogP contribution in [0.25, 0.3) is 22.3 Å². The van der Waals surface area contributed by atoms with Crippen molar-refractivity contribution in [2.24, 2.45) is 0 Å². The Hall–Kier alpha value is -10.2. The molecule has 0 aromatic heterocycles. The number of hydrogen-bond acceptors (Lipinski definition) is 4. The highest BCUT2D eigenvalue weighted by molar-refractivity contribution is 6.00. The van der Waals surface area contributed by atoms with E-state index in [9.17, 15) is 0 Å². The van der Waals surface area contributed by atoms with Gasteiger partial charge in [0.15, 0.2) is 0 Å². The summed E-state index contributed by atoms with van der Waals surface area (Å²) in [5, 5.41) is 0. The van der Waals surface area contributed by atoms with E-state index in [1.54, 1.807) is 0 Å². The second kappa shape index (κ2) is 20.7. The Balaban J connectivity index is 1.10. The van der Waals surface area contributed by atoms with Gasteiger partial charge in [-0.2, -0.15) is 0 Å². The molecule has 12 aromatic carbocycles. The Labute approximate surface area is 489 Å². The van der Waals surface area contributed by atoms with Crippen LogP contribution in [-0.2, 0) is 5.41 Å². The van der Waals surface area contributed by atoms with Crippen molar-refractivity contribution in [1.82, 2.24) is 0 Å². The summed E-state index contributed by atoms with van der Waals surface area (Å²) in [6, 6.07) is 104. The van der Waals surface area contributed by atoms with E-state index < -0.39 is 5.41 Å². The molecule has 0 amide bonds. The van der Waals surface area contributed by atoms with Crippen LogP contribution in [0.1, 0.15) is 55.6 Å². The van der Waals surface area contributed by atoms with Crippen LogP contribution in [0, 0.1) is 41.5 Å². The minimum Gasteiger partial charge on any atom is -0.310 e. The third-order valence-electron chi connectivity index (χ3n) is 17.0. The third kappa shape index (κ3) is 8.95. The first-order valence-electron chi connectivity index (χ1n) is 28.9. The van der Waals surface area contributed by atoms with E-state index in [0.29, 0.717) is 0 Å². The zero-order valence-corrected chi connectivity index (χ0v) is 47.8. The van der Waals surface area contributed by atoms with E-state index in [1.165, 1.54) is 77.9 Å². The van der Waals surface area contributed by atoms with E-state index in [4.69, 9.17) is 0 Å². The molecule has 0 atom stereocenters. The molecule has 400 valence electrons. The van der Waals surface area contributed by atoms with Gasteiger partial charge in [0, 0.05) is 68.2 Å². The maximum atomic E-state index is 2.52. The molecule has 83 heavy (non-hydrogen) atoms. The van der Waals surface area contributed by atoms with Crippen molar-refractivity contribution >= 4 is 68.2 Å². The summed E-state index contributed by atoms with van der Waals surface area (Å²) in [7, 11) is 0. The molecule has 0 unspecified atom stereocenters. The summed E-state index contributed by atoms with van der Waals surface area (Å²) in [4.78, 5) is 9.72. The number of nitrogens with zero attached hydrogens (tertiary/aromatic N) is 4. The lowest BCUT2D eigenvalue weighted by Gasteiger charge is -2.35. The van der Waals surface area contributed by atoms with Gasteiger partial charge < -0.3 is 19.6 Å². The van der Waals surface area contributed by atoms with Crippen molar-refractivity contribution in [3.8, 4) is 22.3 Å². The fraction of sp³-hybridized carbons (Fsp3) is 0.0886. The Morgan fingerprint density at radius 3 is 0.542 bits per heavy atom. The first-order chi connectivity index (χ1) is 40.6. The van der Waals surface area contributed by atoms with E-state index >= 15 is 0 Å². The molecule has 0 radical (unpaired) electrons. The highest BCUT2D eigenvalue weighted by atomic mass is 15.2. The van der Waals surface area contributed by atoms with E-state index in [1.807, 2.05) is 0 Å². The van der Waals surface area contributed by atoms with Crippen LogP contribution in [-0.4, -0.2) is 0 Å². The van der Waals surface area contributed by atoms with Gasteiger partial charge in [0.05, 0.1) is 5.41 Å². The lowest BCUT2D eigenvalue weighted by atomic mass is 9.70. The maximum absolute atomic E-state index is 2.52. The van der Waals surface area contributed by atoms with Crippen LogP contribution in [0.3, 0.4) is 0 Å². The SMILES string of the molecule is Cc1ccc(N(c2ccccc2)c2ccc3c(c2)C2(c4cc(N(c5ccccc5)c5ccc(C)cc5)ccc4-3)c3cc(N(c4ccc(C)cc4)c4ccc(C)cc4)ccc3-c3ccc(N(c4ccc(C)cc4)c4ccc(C)cc4)cc32)cc1. The Bertz CT molecular complexity index is 3960. The second-order valence-electron chi connectivity index (χ2n) is 22.7. The Morgan fingerprint density at radius 1 is 0.181 bits per heavy atom. The normalized spacial score (nSPS) is 12.3. The average Bonchev–Trinajstić information content (AvgIpc) is 1.65. The highest BCUT2D eigenvalue weighted by Gasteiger charge is 2.53. The van der Waals surface area contributed by atoms with Crippen LogP contribution < -0.4 is 19.6 Å². The molecule has 1 spiro atoms. The van der Waals surface area contributed by atoms with E-state index in [2.05, 4.69) is 340 Å². The van der Waals surface area contributed by atoms with Gasteiger partial charge in [0.2, 0.25) is 0 Å². The average molecular weight is 1070 g/mol. The summed E-state index contributed by atoms with van der Waals surface area (Å²) in [5.41, 5.74) is 29.4. The van der Waals surface area contributed by atoms with Crippen LogP contribution in [0.15, 0.2) is 279 Å². The Morgan fingerprint density at radius 2 is 0.349 bits per heavy atom. The molecular formula is C79H64N4. The third-order valence-corrected chi connectivity index (χ3v) is 17.0. The zero-order chi connectivity index (χ0) is 56.3. The molecule has 4 nitrogen and oxygen atoms in total. The van der Waals surface area contributed by atoms with Gasteiger partial charge in [0.1, 0.15) is 0 Å². The molecular weight excluding hydrogens is 1000 g/mol. The first kappa shape index (κ1) is 51.0. The van der Waals surface area contributed by atoms with Gasteiger partial charge in [-0.3, -0.25) is 0 Å². The lowest BCUT2D eigenvalue weighted by molar-refractivity contribution is 0.793. The number of aryl methyl sites for hydroxylation is 6. The first-order valence-corrected chi connectivity index (χ1v) is 28.9. The van der Waals surface area contributed by atoms with Crippen molar-refractivity contribution in [3.05, 3.63) is 335 Å². The molecule has 0 saturated heterocycles. The minimum atomic E-state index is -0.836. The fourth-order valence-electron chi connectivity index (χ4n) is 12.8. The molecule has 0 N–H and O–H groups in total. The monoisotopic (exact) mass is 1070 g/mol. The molecule has 14 rings (SSSR count). The van der Waals surface area contributed by atoms with Crippen LogP contribution in [0.5, 0.6) is 0 Å². The molecule has 0 saturated carbocycles. The molecule has 0 heterocycles. The minimum absolute atomic E-state index is 0.836. The molecule has 2 aliphatic carbocycles. The summed E-state index contributed by atoms with van der Waals surface area (Å²) in [5.74, 6) is 0. The second-order valence-corrected chi connectivity index (χ2v) is 22.7. The van der Waals surface area contributed by atoms with Gasteiger partial charge >= 0.3 is 0 Å². The molecule has 4 heteroatoms. The number of anilines is 12. The number of benzene rings is 12. The van der Waals surface area contributed by atoms with Crippen LogP contribution >= 0.6 is 0 Å². The molecule has 12 aromatic rings. The predicted molar refractivity (Wildman–Crippen MR) is 350 cm³/mol. The number of para-hydroxylation sites is 2. The van der Waals surface area contributed by atoms with E-state index in [0.717, 1.165) is 68.2 Å². The molecule has 0 fully saturated rings. The van der Waals surface area contributed by atoms with Crippen molar-refractivity contribution in [3.63, 3.8) is 0 Å². The summed E-state index contributed by atoms with van der Waals surface area (Å²) in [6.45, 7) is 13.0. The van der Waals surface area contributed by atoms with Gasteiger partial charge in [-0.25, -0.2) is 0 Å². The molecule has 0 aliphatic heterocycles. The lowest BCUT2D eigenvalue weighted by Crippen LogP contribution is -2.27. The zero-order valence-electron chi connectivity index (χ0n) is 47.8. The maximum Gasteiger partial charge on any atom is 0.0728 e. The van der Waals surface area contributed by atoms with Gasteiger partial charge in [-0.15, -0.1) is 0 Å². The highest BCUT2D eigenvalue weighted by Crippen LogP contribution is 2.65. The standard InChI is InChI=1S/C79H64N4/c1-53-17-29-61(30-18-53)80(59-13-9-7-10-14-59)67-41-45-71-72-46-42-68(81(60-15-11-8-12-16-60)62-31-19-54(2)20-32-62)50-76(72)79(75(71)49-67)77-51-69(82(63-33-21-55(3)22-34-63)64-35-23-56(4)24-36-64)43-47-73(77)74-48-44-70(52-78(74)79)83(65-37-25-57(5)26-38-65)66-39-27-58(6)28-40-66/h7-52H,1-6H3. The Kier molecular flexibility index (Phi) is 12.7. The number of fused-ring (bicyclic) bond motifs is 10. The van der Waals surface area contributed by atoms with E-state index in [-0.39, 0.29) is 0 Å².